The van der Waals surface area contributed by atoms with Gasteiger partial charge in [-0.25, -0.2) is 0 Å². The molecule has 2 nitrogen and oxygen atoms in total. The third kappa shape index (κ3) is 4.07. The number of fused-ring (bicyclic) bond motifs is 1. The summed E-state index contributed by atoms with van der Waals surface area (Å²) in [5.41, 5.74) is 2.21. The number of hydrogen-bond donors (Lipinski definition) is 0. The van der Waals surface area contributed by atoms with Crippen LogP contribution in [-0.2, 0) is 13.2 Å². The molecule has 0 atom stereocenters. The molecule has 0 unspecified atom stereocenters. The van der Waals surface area contributed by atoms with Crippen molar-refractivity contribution in [2.24, 2.45) is 0 Å². The zero-order valence-electron chi connectivity index (χ0n) is 14.8. The second-order valence-electron chi connectivity index (χ2n) is 6.28. The average Bonchev–Trinajstić information content (AvgIpc) is 2.73. The van der Waals surface area contributed by atoms with Crippen LogP contribution in [0.3, 0.4) is 0 Å². The molecule has 4 aromatic rings. The largest absolute Gasteiger partial charge is 0.488 e. The van der Waals surface area contributed by atoms with Gasteiger partial charge in [-0.05, 0) is 11.1 Å². The van der Waals surface area contributed by atoms with Crippen molar-refractivity contribution in [2.75, 3.05) is 0 Å². The van der Waals surface area contributed by atoms with E-state index >= 15 is 0 Å². The first-order chi connectivity index (χ1) is 13.3. The van der Waals surface area contributed by atoms with Gasteiger partial charge < -0.3 is 9.47 Å². The van der Waals surface area contributed by atoms with Crippen molar-refractivity contribution in [3.63, 3.8) is 0 Å². The van der Waals surface area contributed by atoms with E-state index in [1.54, 1.807) is 0 Å². The lowest BCUT2D eigenvalue weighted by Gasteiger charge is -2.15. The molecule has 0 saturated heterocycles. The van der Waals surface area contributed by atoms with Crippen LogP contribution in [0.15, 0.2) is 91.0 Å². The Kier molecular flexibility index (Phi) is 5.27. The van der Waals surface area contributed by atoms with Crippen molar-refractivity contribution in [2.45, 2.75) is 13.2 Å². The summed E-state index contributed by atoms with van der Waals surface area (Å²) in [6.07, 6.45) is 0. The Labute approximate surface area is 163 Å². The van der Waals surface area contributed by atoms with E-state index in [-0.39, 0.29) is 0 Å². The molecule has 0 aliphatic heterocycles. The number of hydrogen-bond acceptors (Lipinski definition) is 2. The van der Waals surface area contributed by atoms with Gasteiger partial charge in [0.25, 0.3) is 0 Å². The number of ether oxygens (including phenoxy) is 2. The minimum absolute atomic E-state index is 0.467. The predicted octanol–water partition coefficient (Wildman–Crippen LogP) is 6.65. The summed E-state index contributed by atoms with van der Waals surface area (Å²) in [5.74, 6) is 1.44. The van der Waals surface area contributed by atoms with Gasteiger partial charge in [-0.3, -0.25) is 0 Å². The summed E-state index contributed by atoms with van der Waals surface area (Å²) in [7, 11) is 0. The van der Waals surface area contributed by atoms with E-state index in [1.807, 2.05) is 91.0 Å². The summed E-state index contributed by atoms with van der Waals surface area (Å²) >= 11 is 6.55. The van der Waals surface area contributed by atoms with Gasteiger partial charge in [-0.15, -0.1) is 0 Å². The summed E-state index contributed by atoms with van der Waals surface area (Å²) in [5, 5.41) is 2.48. The highest BCUT2D eigenvalue weighted by Gasteiger charge is 2.13. The molecule has 4 aromatic carbocycles. The maximum Gasteiger partial charge on any atom is 0.146 e. The van der Waals surface area contributed by atoms with Gasteiger partial charge in [0.1, 0.15) is 24.7 Å². The Balaban J connectivity index is 1.63. The second kappa shape index (κ2) is 8.15. The van der Waals surface area contributed by atoms with E-state index in [1.165, 1.54) is 0 Å². The predicted molar refractivity (Wildman–Crippen MR) is 111 cm³/mol. The van der Waals surface area contributed by atoms with E-state index in [9.17, 15) is 0 Å². The van der Waals surface area contributed by atoms with E-state index < -0.39 is 0 Å². The molecule has 0 spiro atoms. The molecule has 0 radical (unpaired) electrons. The highest BCUT2D eigenvalue weighted by Crippen LogP contribution is 2.40. The van der Waals surface area contributed by atoms with Crippen LogP contribution in [0.2, 0.25) is 5.02 Å². The topological polar surface area (TPSA) is 18.5 Å². The molecule has 0 saturated carbocycles. The second-order valence-corrected chi connectivity index (χ2v) is 6.69. The van der Waals surface area contributed by atoms with E-state index in [4.69, 9.17) is 21.1 Å². The first kappa shape index (κ1) is 17.4. The van der Waals surface area contributed by atoms with Gasteiger partial charge in [-0.1, -0.05) is 96.5 Å². The molecular formula is C24H19ClO2. The minimum Gasteiger partial charge on any atom is -0.488 e. The van der Waals surface area contributed by atoms with Crippen molar-refractivity contribution in [3.8, 4) is 11.5 Å². The Morgan fingerprint density at radius 1 is 0.593 bits per heavy atom. The van der Waals surface area contributed by atoms with Crippen molar-refractivity contribution in [3.05, 3.63) is 107 Å². The smallest absolute Gasteiger partial charge is 0.146 e. The van der Waals surface area contributed by atoms with Gasteiger partial charge in [0.05, 0.1) is 5.02 Å². The zero-order valence-corrected chi connectivity index (χ0v) is 15.5. The lowest BCUT2D eigenvalue weighted by Crippen LogP contribution is -1.99. The Bertz CT molecular complexity index is 1030. The first-order valence-corrected chi connectivity index (χ1v) is 9.24. The monoisotopic (exact) mass is 374 g/mol. The number of benzene rings is 4. The molecule has 0 fully saturated rings. The molecule has 0 N–H and O–H groups in total. The van der Waals surface area contributed by atoms with Crippen LogP contribution in [0.1, 0.15) is 11.1 Å². The first-order valence-electron chi connectivity index (χ1n) is 8.86. The van der Waals surface area contributed by atoms with Crippen LogP contribution >= 0.6 is 11.6 Å². The molecule has 0 aromatic heterocycles. The molecular weight excluding hydrogens is 356 g/mol. The standard InChI is InChI=1S/C24H19ClO2/c25-22-15-23(26-16-18-9-3-1-4-10-18)20-13-7-8-14-21(20)24(22)27-17-19-11-5-2-6-12-19/h1-15H,16-17H2. The summed E-state index contributed by atoms with van der Waals surface area (Å²) < 4.78 is 12.1. The van der Waals surface area contributed by atoms with Crippen LogP contribution in [0, 0.1) is 0 Å². The maximum absolute atomic E-state index is 6.55. The highest BCUT2D eigenvalue weighted by atomic mass is 35.5. The van der Waals surface area contributed by atoms with E-state index in [2.05, 4.69) is 0 Å². The molecule has 0 amide bonds. The Morgan fingerprint density at radius 2 is 1.11 bits per heavy atom. The lowest BCUT2D eigenvalue weighted by molar-refractivity contribution is 0.303. The third-order valence-corrected chi connectivity index (χ3v) is 4.66. The highest BCUT2D eigenvalue weighted by molar-refractivity contribution is 6.33. The molecule has 134 valence electrons. The van der Waals surface area contributed by atoms with E-state index in [0.29, 0.717) is 24.0 Å². The molecule has 27 heavy (non-hydrogen) atoms. The maximum atomic E-state index is 6.55. The SMILES string of the molecule is Clc1cc(OCc2ccccc2)c2ccccc2c1OCc1ccccc1. The average molecular weight is 375 g/mol. The lowest BCUT2D eigenvalue weighted by atomic mass is 10.1. The van der Waals surface area contributed by atoms with Crippen molar-refractivity contribution in [1.82, 2.24) is 0 Å². The van der Waals surface area contributed by atoms with Crippen LogP contribution in [0.5, 0.6) is 11.5 Å². The quantitative estimate of drug-likeness (QED) is 0.376. The fourth-order valence-corrected chi connectivity index (χ4v) is 3.27. The van der Waals surface area contributed by atoms with Gasteiger partial charge in [0, 0.05) is 16.8 Å². The van der Waals surface area contributed by atoms with Gasteiger partial charge in [0.15, 0.2) is 0 Å². The molecule has 0 heterocycles. The van der Waals surface area contributed by atoms with Crippen LogP contribution in [-0.4, -0.2) is 0 Å². The minimum atomic E-state index is 0.467. The third-order valence-electron chi connectivity index (χ3n) is 4.38. The van der Waals surface area contributed by atoms with Crippen molar-refractivity contribution in [1.29, 1.82) is 0 Å². The van der Waals surface area contributed by atoms with Crippen molar-refractivity contribution < 1.29 is 9.47 Å². The van der Waals surface area contributed by atoms with Crippen LogP contribution < -0.4 is 9.47 Å². The Hall–Kier alpha value is -2.97. The van der Waals surface area contributed by atoms with Gasteiger partial charge >= 0.3 is 0 Å². The number of halogens is 1. The molecule has 0 aliphatic carbocycles. The molecule has 3 heteroatoms. The molecule has 0 bridgehead atoms. The summed E-state index contributed by atoms with van der Waals surface area (Å²) in [6.45, 7) is 0.958. The van der Waals surface area contributed by atoms with E-state index in [0.717, 1.165) is 27.6 Å². The van der Waals surface area contributed by atoms with Crippen LogP contribution in [0.25, 0.3) is 10.8 Å². The summed E-state index contributed by atoms with van der Waals surface area (Å²) in [4.78, 5) is 0. The van der Waals surface area contributed by atoms with Gasteiger partial charge in [-0.2, -0.15) is 0 Å². The summed E-state index contributed by atoms with van der Waals surface area (Å²) in [6, 6.07) is 30.0. The normalized spacial score (nSPS) is 10.7. The molecule has 0 aliphatic rings. The van der Waals surface area contributed by atoms with Gasteiger partial charge in [0.2, 0.25) is 0 Å². The number of rotatable bonds is 6. The van der Waals surface area contributed by atoms with Crippen LogP contribution in [0.4, 0.5) is 0 Å². The fraction of sp³-hybridized carbons (Fsp3) is 0.0833. The van der Waals surface area contributed by atoms with Crippen molar-refractivity contribution >= 4 is 22.4 Å². The fourth-order valence-electron chi connectivity index (χ4n) is 3.01. The Morgan fingerprint density at radius 3 is 1.74 bits per heavy atom. The molecule has 4 rings (SSSR count). The zero-order chi connectivity index (χ0) is 18.5.